The van der Waals surface area contributed by atoms with Crippen LogP contribution in [0.5, 0.6) is 11.5 Å². The average molecular weight is 689 g/mol. The van der Waals surface area contributed by atoms with Gasteiger partial charge in [0, 0.05) is 55.1 Å². The smallest absolute Gasteiger partial charge is 0.206 e. The first kappa shape index (κ1) is 37.0. The molecule has 13 heteroatoms. The molecule has 0 unspecified atom stereocenters. The van der Waals surface area contributed by atoms with E-state index >= 15 is 0 Å². The molecule has 12 nitrogen and oxygen atoms in total. The summed E-state index contributed by atoms with van der Waals surface area (Å²) in [4.78, 5) is 4.42. The summed E-state index contributed by atoms with van der Waals surface area (Å²) in [6.07, 6.45) is 0. The van der Waals surface area contributed by atoms with Gasteiger partial charge in [0.15, 0.2) is 0 Å². The number of hydrogen-bond donors (Lipinski definition) is 2. The second-order valence-corrected chi connectivity index (χ2v) is 12.8. The molecule has 0 aliphatic rings. The van der Waals surface area contributed by atoms with E-state index < -0.39 is 9.84 Å². The van der Waals surface area contributed by atoms with E-state index in [2.05, 4.69) is 30.3 Å². The van der Waals surface area contributed by atoms with Crippen LogP contribution >= 0.6 is 0 Å². The summed E-state index contributed by atoms with van der Waals surface area (Å²) in [5.74, 6) is 1.12. The Hall–Kier alpha value is -4.85. The van der Waals surface area contributed by atoms with Crippen molar-refractivity contribution in [1.82, 2.24) is 0 Å². The Kier molecular flexibility index (Phi) is 12.8. The molecule has 0 saturated heterocycles. The van der Waals surface area contributed by atoms with E-state index in [0.717, 1.165) is 37.6 Å². The molecule has 0 saturated carbocycles. The maximum Gasteiger partial charge on any atom is 0.206 e. The lowest BCUT2D eigenvalue weighted by molar-refractivity contribution is 0.281. The van der Waals surface area contributed by atoms with Gasteiger partial charge in [-0.1, -0.05) is 0 Å². The molecule has 4 aromatic rings. The van der Waals surface area contributed by atoms with Crippen molar-refractivity contribution in [3.05, 3.63) is 83.9 Å². The van der Waals surface area contributed by atoms with E-state index in [1.807, 2.05) is 39.8 Å². The van der Waals surface area contributed by atoms with E-state index in [-0.39, 0.29) is 23.0 Å². The van der Waals surface area contributed by atoms with Gasteiger partial charge >= 0.3 is 0 Å². The molecule has 0 aromatic heterocycles. The summed E-state index contributed by atoms with van der Waals surface area (Å²) in [5, 5.41) is 37.2. The zero-order valence-electron chi connectivity index (χ0n) is 28.8. The summed E-state index contributed by atoms with van der Waals surface area (Å²) in [6, 6.07) is 19.3. The van der Waals surface area contributed by atoms with Gasteiger partial charge in [0.1, 0.15) is 17.2 Å². The molecular formula is C36H44N6O6S. The fourth-order valence-electron chi connectivity index (χ4n) is 5.37. The number of rotatable bonds is 16. The minimum atomic E-state index is -3.83. The molecule has 0 aliphatic heterocycles. The number of aliphatic hydroxyl groups excluding tert-OH is 2. The van der Waals surface area contributed by atoms with Crippen molar-refractivity contribution in [1.29, 1.82) is 0 Å². The number of methoxy groups -OCH3 is 2. The Balaban J connectivity index is 1.52. The number of nitrogens with zero attached hydrogens (tertiary/aromatic N) is 6. The Morgan fingerprint density at radius 3 is 1.49 bits per heavy atom. The van der Waals surface area contributed by atoms with Crippen LogP contribution in [0.15, 0.2) is 103 Å². The van der Waals surface area contributed by atoms with E-state index in [0.29, 0.717) is 45.4 Å². The molecule has 0 fully saturated rings. The molecule has 4 rings (SSSR count). The van der Waals surface area contributed by atoms with Crippen molar-refractivity contribution >= 4 is 44.0 Å². The number of anilines is 2. The number of ether oxygens (including phenoxy) is 2. The first-order valence-corrected chi connectivity index (χ1v) is 17.6. The van der Waals surface area contributed by atoms with Crippen LogP contribution < -0.4 is 19.3 Å². The number of sulfone groups is 1. The van der Waals surface area contributed by atoms with Gasteiger partial charge in [-0.15, -0.1) is 5.11 Å². The highest BCUT2D eigenvalue weighted by Gasteiger charge is 2.19. The largest absolute Gasteiger partial charge is 0.495 e. The number of benzene rings is 4. The van der Waals surface area contributed by atoms with Crippen molar-refractivity contribution in [3.8, 4) is 11.5 Å². The summed E-state index contributed by atoms with van der Waals surface area (Å²) >= 11 is 0. The zero-order chi connectivity index (χ0) is 35.6. The average Bonchev–Trinajstić information content (AvgIpc) is 3.14. The van der Waals surface area contributed by atoms with Gasteiger partial charge in [0.05, 0.1) is 60.0 Å². The van der Waals surface area contributed by atoms with Crippen molar-refractivity contribution in [2.45, 2.75) is 50.7 Å². The van der Waals surface area contributed by atoms with Gasteiger partial charge in [-0.25, -0.2) is 8.42 Å². The summed E-state index contributed by atoms with van der Waals surface area (Å²) in [6.45, 7) is 10.9. The van der Waals surface area contributed by atoms with Crippen LogP contribution in [0.25, 0.3) is 0 Å². The van der Waals surface area contributed by atoms with Gasteiger partial charge in [-0.3, -0.25) is 0 Å². The van der Waals surface area contributed by atoms with E-state index in [1.165, 1.54) is 24.3 Å². The molecule has 0 heterocycles. The zero-order valence-corrected chi connectivity index (χ0v) is 29.6. The second-order valence-electron chi connectivity index (χ2n) is 10.9. The van der Waals surface area contributed by atoms with Crippen LogP contribution in [0.4, 0.5) is 34.1 Å². The van der Waals surface area contributed by atoms with Gasteiger partial charge in [0.25, 0.3) is 0 Å². The third-order valence-corrected chi connectivity index (χ3v) is 9.94. The van der Waals surface area contributed by atoms with Crippen molar-refractivity contribution < 1.29 is 28.1 Å². The Bertz CT molecular complexity index is 1740. The number of azo groups is 2. The highest BCUT2D eigenvalue weighted by molar-refractivity contribution is 7.91. The van der Waals surface area contributed by atoms with Gasteiger partial charge in [0.2, 0.25) is 9.84 Å². The minimum Gasteiger partial charge on any atom is -0.495 e. The van der Waals surface area contributed by atoms with Crippen LogP contribution in [-0.4, -0.2) is 59.0 Å². The Labute approximate surface area is 288 Å². The topological polar surface area (TPSA) is 149 Å². The Morgan fingerprint density at radius 1 is 0.571 bits per heavy atom. The molecule has 0 aliphatic carbocycles. The van der Waals surface area contributed by atoms with E-state index in [1.54, 1.807) is 50.6 Å². The number of aliphatic hydroxyl groups is 2. The monoisotopic (exact) mass is 688 g/mol. The SMILES string of the molecule is CCN(CC)c1cc(OC)c(N=Nc2ccc(S(=O)(=O)c3ccc(N=Nc4cc(OC)c(N(CC)CC)cc4CO)cc3)cc2)cc1CO. The molecule has 0 radical (unpaired) electrons. The number of hydrogen-bond acceptors (Lipinski definition) is 12. The summed E-state index contributed by atoms with van der Waals surface area (Å²) < 4.78 is 37.9. The van der Waals surface area contributed by atoms with Crippen LogP contribution in [-0.2, 0) is 23.1 Å². The molecule has 2 N–H and O–H groups in total. The fraction of sp³-hybridized carbons (Fsp3) is 0.333. The van der Waals surface area contributed by atoms with Crippen molar-refractivity contribution in [2.75, 3.05) is 50.2 Å². The van der Waals surface area contributed by atoms with Gasteiger partial charge in [-0.2, -0.15) is 15.3 Å². The van der Waals surface area contributed by atoms with E-state index in [4.69, 9.17) is 9.47 Å². The van der Waals surface area contributed by atoms with Crippen molar-refractivity contribution in [2.24, 2.45) is 20.5 Å². The van der Waals surface area contributed by atoms with E-state index in [9.17, 15) is 18.6 Å². The van der Waals surface area contributed by atoms with Crippen LogP contribution in [0.2, 0.25) is 0 Å². The lowest BCUT2D eigenvalue weighted by Gasteiger charge is -2.24. The molecule has 0 atom stereocenters. The standard InChI is InChI=1S/C36H44N6O6S/c1-7-41(8-2)33-22-35(47-5)32(19-26(33)24-44)40-38-28-13-17-30(18-14-28)49(45,46)29-15-11-27(12-16-29)37-39-31-21-36(48-6)34(20-25(31)23-43)42(9-3)10-4/h11-22,43-44H,7-10,23-24H2,1-6H3. The minimum absolute atomic E-state index is 0.0941. The highest BCUT2D eigenvalue weighted by atomic mass is 32.2. The highest BCUT2D eigenvalue weighted by Crippen LogP contribution is 2.38. The normalized spacial score (nSPS) is 11.8. The molecule has 260 valence electrons. The lowest BCUT2D eigenvalue weighted by Crippen LogP contribution is -2.23. The first-order chi connectivity index (χ1) is 23.7. The van der Waals surface area contributed by atoms with Gasteiger partial charge < -0.3 is 29.5 Å². The molecule has 0 spiro atoms. The quantitative estimate of drug-likeness (QED) is 0.112. The Morgan fingerprint density at radius 2 is 1.04 bits per heavy atom. The molecule has 49 heavy (non-hydrogen) atoms. The predicted octanol–water partition coefficient (Wildman–Crippen LogP) is 8.04. The molecule has 0 bridgehead atoms. The third kappa shape index (κ3) is 8.42. The molecule has 4 aromatic carbocycles. The van der Waals surface area contributed by atoms with Crippen molar-refractivity contribution in [3.63, 3.8) is 0 Å². The van der Waals surface area contributed by atoms with Gasteiger partial charge in [-0.05, 0) is 88.4 Å². The summed E-state index contributed by atoms with van der Waals surface area (Å²) in [5.41, 5.74) is 4.80. The van der Waals surface area contributed by atoms with Crippen LogP contribution in [0.1, 0.15) is 38.8 Å². The van der Waals surface area contributed by atoms with Crippen LogP contribution in [0, 0.1) is 0 Å². The second kappa shape index (κ2) is 17.0. The fourth-order valence-corrected chi connectivity index (χ4v) is 6.63. The van der Waals surface area contributed by atoms with Crippen LogP contribution in [0.3, 0.4) is 0 Å². The lowest BCUT2D eigenvalue weighted by atomic mass is 10.1. The predicted molar refractivity (Wildman–Crippen MR) is 192 cm³/mol. The third-order valence-electron chi connectivity index (χ3n) is 8.15. The first-order valence-electron chi connectivity index (χ1n) is 16.1. The maximum absolute atomic E-state index is 13.4. The molecule has 0 amide bonds. The summed E-state index contributed by atoms with van der Waals surface area (Å²) in [7, 11) is -0.707. The maximum atomic E-state index is 13.4. The molecular weight excluding hydrogens is 644 g/mol.